The van der Waals surface area contributed by atoms with Crippen molar-refractivity contribution in [3.05, 3.63) is 54.2 Å². The first-order valence-corrected chi connectivity index (χ1v) is 7.74. The fourth-order valence-corrected chi connectivity index (χ4v) is 2.91. The van der Waals surface area contributed by atoms with Gasteiger partial charge in [0.15, 0.2) is 6.19 Å². The van der Waals surface area contributed by atoms with Crippen molar-refractivity contribution in [3.63, 3.8) is 0 Å². The van der Waals surface area contributed by atoms with E-state index in [-0.39, 0.29) is 11.9 Å². The summed E-state index contributed by atoms with van der Waals surface area (Å²) in [6, 6.07) is 13.2. The van der Waals surface area contributed by atoms with Gasteiger partial charge in [-0.2, -0.15) is 5.26 Å². The number of carbonyl (C=O) groups is 1. The number of hydrogen-bond donors (Lipinski definition) is 1. The van der Waals surface area contributed by atoms with Crippen LogP contribution < -0.4 is 5.32 Å². The van der Waals surface area contributed by atoms with E-state index in [1.165, 1.54) is 0 Å². The zero-order valence-corrected chi connectivity index (χ0v) is 12.8. The fraction of sp³-hybridized carbons (Fsp3) is 0.278. The first-order chi connectivity index (χ1) is 11.3. The lowest BCUT2D eigenvalue weighted by atomic mass is 10.0. The molecule has 116 valence electrons. The standard InChI is InChI=1S/C18H18N4O/c19-13-22-11-5-6-14(22)12-21-18(23)16-8-2-1-7-15(16)17-9-3-4-10-20-17/h1-4,7-10,14H,5-6,11-12H2,(H,21,23). The second-order valence-electron chi connectivity index (χ2n) is 5.56. The molecule has 1 fully saturated rings. The van der Waals surface area contributed by atoms with Gasteiger partial charge in [0.1, 0.15) is 0 Å². The Bertz CT molecular complexity index is 723. The summed E-state index contributed by atoms with van der Waals surface area (Å²) in [4.78, 5) is 18.6. The van der Waals surface area contributed by atoms with Gasteiger partial charge >= 0.3 is 0 Å². The van der Waals surface area contributed by atoms with Gasteiger partial charge in [-0.3, -0.25) is 9.78 Å². The molecule has 5 heteroatoms. The lowest BCUT2D eigenvalue weighted by Crippen LogP contribution is -2.38. The van der Waals surface area contributed by atoms with Gasteiger partial charge in [-0.25, -0.2) is 0 Å². The van der Waals surface area contributed by atoms with E-state index in [1.54, 1.807) is 17.2 Å². The number of amides is 1. The third-order valence-corrected chi connectivity index (χ3v) is 4.12. The highest BCUT2D eigenvalue weighted by Crippen LogP contribution is 2.21. The van der Waals surface area contributed by atoms with Crippen LogP contribution in [0.25, 0.3) is 11.3 Å². The number of nitrogens with one attached hydrogen (secondary N) is 1. The quantitative estimate of drug-likeness (QED) is 0.881. The molecular weight excluding hydrogens is 288 g/mol. The molecule has 0 spiro atoms. The number of nitriles is 1. The number of rotatable bonds is 4. The largest absolute Gasteiger partial charge is 0.350 e. The third-order valence-electron chi connectivity index (χ3n) is 4.12. The molecule has 0 aliphatic carbocycles. The fourth-order valence-electron chi connectivity index (χ4n) is 2.91. The zero-order chi connectivity index (χ0) is 16.1. The van der Waals surface area contributed by atoms with Crippen molar-refractivity contribution in [2.24, 2.45) is 0 Å². The van der Waals surface area contributed by atoms with Crippen molar-refractivity contribution in [2.45, 2.75) is 18.9 Å². The Morgan fingerprint density at radius 3 is 2.91 bits per heavy atom. The minimum Gasteiger partial charge on any atom is -0.350 e. The Labute approximate surface area is 135 Å². The summed E-state index contributed by atoms with van der Waals surface area (Å²) < 4.78 is 0. The van der Waals surface area contributed by atoms with E-state index < -0.39 is 0 Å². The van der Waals surface area contributed by atoms with Gasteiger partial charge in [0.2, 0.25) is 0 Å². The van der Waals surface area contributed by atoms with Crippen molar-refractivity contribution in [3.8, 4) is 17.5 Å². The van der Waals surface area contributed by atoms with Crippen LogP contribution in [0.4, 0.5) is 0 Å². The minimum absolute atomic E-state index is 0.103. The first kappa shape index (κ1) is 15.0. The van der Waals surface area contributed by atoms with Gasteiger partial charge in [0, 0.05) is 30.4 Å². The van der Waals surface area contributed by atoms with Crippen LogP contribution in [0.2, 0.25) is 0 Å². The van der Waals surface area contributed by atoms with Crippen molar-refractivity contribution >= 4 is 5.91 Å². The molecule has 23 heavy (non-hydrogen) atoms. The van der Waals surface area contributed by atoms with Gasteiger partial charge in [-0.15, -0.1) is 0 Å². The second-order valence-corrected chi connectivity index (χ2v) is 5.56. The normalized spacial score (nSPS) is 16.8. The molecule has 1 N–H and O–H groups in total. The maximum atomic E-state index is 12.6. The summed E-state index contributed by atoms with van der Waals surface area (Å²) >= 11 is 0. The van der Waals surface area contributed by atoms with Gasteiger partial charge < -0.3 is 10.2 Å². The average molecular weight is 306 g/mol. The predicted octanol–water partition coefficient (Wildman–Crippen LogP) is 2.42. The number of nitrogens with zero attached hydrogens (tertiary/aromatic N) is 3. The molecule has 1 unspecified atom stereocenters. The molecular formula is C18H18N4O. The first-order valence-electron chi connectivity index (χ1n) is 7.74. The highest BCUT2D eigenvalue weighted by molar-refractivity contribution is 6.00. The van der Waals surface area contributed by atoms with E-state index in [9.17, 15) is 4.79 Å². The minimum atomic E-state index is -0.129. The zero-order valence-electron chi connectivity index (χ0n) is 12.8. The lowest BCUT2D eigenvalue weighted by molar-refractivity contribution is 0.0946. The lowest BCUT2D eigenvalue weighted by Gasteiger charge is -2.19. The van der Waals surface area contributed by atoms with Gasteiger partial charge in [0.25, 0.3) is 5.91 Å². The van der Waals surface area contributed by atoms with Crippen LogP contribution in [0, 0.1) is 11.5 Å². The van der Waals surface area contributed by atoms with Gasteiger partial charge in [-0.05, 0) is 31.0 Å². The van der Waals surface area contributed by atoms with Crippen molar-refractivity contribution in [1.82, 2.24) is 15.2 Å². The number of aromatic nitrogens is 1. The summed E-state index contributed by atoms with van der Waals surface area (Å²) in [5.41, 5.74) is 2.19. The summed E-state index contributed by atoms with van der Waals surface area (Å²) in [6.07, 6.45) is 5.84. The Balaban J connectivity index is 1.74. The Morgan fingerprint density at radius 2 is 2.13 bits per heavy atom. The molecule has 1 atom stereocenters. The van der Waals surface area contributed by atoms with Crippen LogP contribution in [0.15, 0.2) is 48.7 Å². The molecule has 1 aliphatic rings. The summed E-state index contributed by atoms with van der Waals surface area (Å²) in [6.45, 7) is 1.27. The molecule has 1 saturated heterocycles. The molecule has 2 aromatic rings. The van der Waals surface area contributed by atoms with E-state index in [2.05, 4.69) is 16.5 Å². The maximum Gasteiger partial charge on any atom is 0.252 e. The van der Waals surface area contributed by atoms with Crippen LogP contribution >= 0.6 is 0 Å². The van der Waals surface area contributed by atoms with Crippen molar-refractivity contribution < 1.29 is 4.79 Å². The van der Waals surface area contributed by atoms with Crippen LogP contribution in [0.1, 0.15) is 23.2 Å². The molecule has 0 radical (unpaired) electrons. The van der Waals surface area contributed by atoms with Crippen LogP contribution in [0.5, 0.6) is 0 Å². The van der Waals surface area contributed by atoms with Crippen LogP contribution in [-0.2, 0) is 0 Å². The van der Waals surface area contributed by atoms with Crippen molar-refractivity contribution in [2.75, 3.05) is 13.1 Å². The van der Waals surface area contributed by atoms with E-state index in [0.717, 1.165) is 30.6 Å². The molecule has 0 bridgehead atoms. The van der Waals surface area contributed by atoms with Gasteiger partial charge in [0.05, 0.1) is 11.7 Å². The van der Waals surface area contributed by atoms with Crippen LogP contribution in [-0.4, -0.2) is 34.9 Å². The molecule has 1 amide bonds. The SMILES string of the molecule is N#CN1CCCC1CNC(=O)c1ccccc1-c1ccccn1. The molecule has 1 aliphatic heterocycles. The van der Waals surface area contributed by atoms with Crippen molar-refractivity contribution in [1.29, 1.82) is 5.26 Å². The monoisotopic (exact) mass is 306 g/mol. The maximum absolute atomic E-state index is 12.6. The number of likely N-dealkylation sites (tertiary alicyclic amines) is 1. The summed E-state index contributed by atoms with van der Waals surface area (Å²) in [5, 5.41) is 12.0. The number of carbonyl (C=O) groups excluding carboxylic acids is 1. The van der Waals surface area contributed by atoms with Crippen LogP contribution in [0.3, 0.4) is 0 Å². The Morgan fingerprint density at radius 1 is 1.30 bits per heavy atom. The Hall–Kier alpha value is -2.87. The Kier molecular flexibility index (Phi) is 4.53. The molecule has 3 rings (SSSR count). The number of pyridine rings is 1. The topological polar surface area (TPSA) is 69.0 Å². The van der Waals surface area contributed by atoms with Gasteiger partial charge in [-0.1, -0.05) is 24.3 Å². The molecule has 0 saturated carbocycles. The molecule has 1 aromatic carbocycles. The smallest absolute Gasteiger partial charge is 0.252 e. The average Bonchev–Trinajstić information content (AvgIpc) is 3.08. The summed E-state index contributed by atoms with van der Waals surface area (Å²) in [5.74, 6) is -0.129. The summed E-state index contributed by atoms with van der Waals surface area (Å²) in [7, 11) is 0. The molecule has 2 heterocycles. The molecule has 1 aromatic heterocycles. The molecule has 5 nitrogen and oxygen atoms in total. The highest BCUT2D eigenvalue weighted by Gasteiger charge is 2.24. The number of benzene rings is 1. The van der Waals surface area contributed by atoms with E-state index in [1.807, 2.05) is 36.4 Å². The second kappa shape index (κ2) is 6.93. The van der Waals surface area contributed by atoms with E-state index in [0.29, 0.717) is 12.1 Å². The third kappa shape index (κ3) is 3.32. The number of hydrogen-bond acceptors (Lipinski definition) is 4. The predicted molar refractivity (Wildman–Crippen MR) is 87.3 cm³/mol. The van der Waals surface area contributed by atoms with E-state index >= 15 is 0 Å². The van der Waals surface area contributed by atoms with E-state index in [4.69, 9.17) is 5.26 Å². The highest BCUT2D eigenvalue weighted by atomic mass is 16.1.